The highest BCUT2D eigenvalue weighted by molar-refractivity contribution is 7.90. The summed E-state index contributed by atoms with van der Waals surface area (Å²) in [5.41, 5.74) is 0.397. The second-order valence-corrected chi connectivity index (χ2v) is 9.08. The predicted molar refractivity (Wildman–Crippen MR) is 113 cm³/mol. The molecule has 0 radical (unpaired) electrons. The molecule has 1 aliphatic rings. The van der Waals surface area contributed by atoms with Crippen LogP contribution in [0.1, 0.15) is 35.4 Å². The van der Waals surface area contributed by atoms with E-state index in [2.05, 4.69) is 20.3 Å². The largest absolute Gasteiger partial charge is 0.351 e. The fourth-order valence-electron chi connectivity index (χ4n) is 2.75. The van der Waals surface area contributed by atoms with Crippen LogP contribution >= 0.6 is 11.3 Å². The van der Waals surface area contributed by atoms with Gasteiger partial charge in [-0.1, -0.05) is 12.1 Å². The van der Waals surface area contributed by atoms with Crippen LogP contribution in [0.2, 0.25) is 0 Å². The molecule has 2 amide bonds. The van der Waals surface area contributed by atoms with Crippen molar-refractivity contribution in [1.82, 2.24) is 10.0 Å². The van der Waals surface area contributed by atoms with E-state index in [-0.39, 0.29) is 23.1 Å². The van der Waals surface area contributed by atoms with Crippen LogP contribution < -0.4 is 15.4 Å². The van der Waals surface area contributed by atoms with Gasteiger partial charge in [-0.3, -0.25) is 19.3 Å². The third-order valence-corrected chi connectivity index (χ3v) is 6.41. The first-order valence-electron chi connectivity index (χ1n) is 9.22. The quantitative estimate of drug-likeness (QED) is 0.553. The third kappa shape index (κ3) is 6.13. The lowest BCUT2D eigenvalue weighted by Crippen LogP contribution is -2.29. The van der Waals surface area contributed by atoms with Gasteiger partial charge in [0.1, 0.15) is 5.84 Å². The van der Waals surface area contributed by atoms with Crippen molar-refractivity contribution in [2.24, 2.45) is 4.99 Å². The Hall–Kier alpha value is -2.72. The summed E-state index contributed by atoms with van der Waals surface area (Å²) < 4.78 is 27.4. The molecular formula is C19H22N4O4S2. The Balaban J connectivity index is 1.48. The van der Waals surface area contributed by atoms with Gasteiger partial charge in [-0.25, -0.2) is 8.42 Å². The lowest BCUT2D eigenvalue weighted by atomic mass is 10.2. The maximum atomic E-state index is 12.5. The molecule has 2 heterocycles. The van der Waals surface area contributed by atoms with Gasteiger partial charge in [-0.2, -0.15) is 0 Å². The summed E-state index contributed by atoms with van der Waals surface area (Å²) >= 11 is 1.36. The minimum absolute atomic E-state index is 0.0631. The highest BCUT2D eigenvalue weighted by Gasteiger charge is 2.18. The molecule has 0 aliphatic carbocycles. The van der Waals surface area contributed by atoms with Crippen LogP contribution in [0.25, 0.3) is 0 Å². The summed E-state index contributed by atoms with van der Waals surface area (Å²) in [5.74, 6) is 0.0553. The van der Waals surface area contributed by atoms with Crippen LogP contribution in [0, 0.1) is 0 Å². The van der Waals surface area contributed by atoms with E-state index in [4.69, 9.17) is 0 Å². The van der Waals surface area contributed by atoms with Crippen LogP contribution in [0.5, 0.6) is 0 Å². The van der Waals surface area contributed by atoms with Gasteiger partial charge in [-0.05, 0) is 42.5 Å². The first-order valence-corrected chi connectivity index (χ1v) is 11.6. The number of hydrogen-bond donors (Lipinski definition) is 3. The Morgan fingerprint density at radius 3 is 2.76 bits per heavy atom. The van der Waals surface area contributed by atoms with Crippen LogP contribution in [0.15, 0.2) is 51.7 Å². The number of nitrogens with one attached hydrogen (secondary N) is 3. The van der Waals surface area contributed by atoms with Crippen molar-refractivity contribution >= 4 is 44.7 Å². The Morgan fingerprint density at radius 1 is 1.17 bits per heavy atom. The van der Waals surface area contributed by atoms with E-state index in [0.29, 0.717) is 42.3 Å². The Labute approximate surface area is 173 Å². The zero-order chi connectivity index (χ0) is 20.7. The van der Waals surface area contributed by atoms with Crippen LogP contribution in [-0.4, -0.2) is 39.2 Å². The minimum Gasteiger partial charge on any atom is -0.351 e. The third-order valence-electron chi connectivity index (χ3n) is 4.17. The average Bonchev–Trinajstić information content (AvgIpc) is 3.39. The molecule has 0 bridgehead atoms. The highest BCUT2D eigenvalue weighted by Crippen LogP contribution is 2.17. The molecule has 8 nitrogen and oxygen atoms in total. The van der Waals surface area contributed by atoms with E-state index in [1.54, 1.807) is 24.3 Å². The number of benzene rings is 1. The zero-order valence-corrected chi connectivity index (χ0v) is 17.3. The maximum absolute atomic E-state index is 12.5. The molecule has 1 aromatic carbocycles. The lowest BCUT2D eigenvalue weighted by Gasteiger charge is -2.10. The number of carbonyl (C=O) groups is 2. The van der Waals surface area contributed by atoms with E-state index < -0.39 is 10.0 Å². The van der Waals surface area contributed by atoms with Gasteiger partial charge in [-0.15, -0.1) is 11.3 Å². The van der Waals surface area contributed by atoms with E-state index in [1.807, 2.05) is 5.38 Å². The van der Waals surface area contributed by atoms with Crippen molar-refractivity contribution < 1.29 is 18.0 Å². The van der Waals surface area contributed by atoms with Crippen molar-refractivity contribution in [3.05, 3.63) is 46.7 Å². The normalized spacial score (nSPS) is 13.6. The van der Waals surface area contributed by atoms with Crippen molar-refractivity contribution in [1.29, 1.82) is 0 Å². The number of amidine groups is 1. The van der Waals surface area contributed by atoms with E-state index in [9.17, 15) is 18.0 Å². The van der Waals surface area contributed by atoms with E-state index >= 15 is 0 Å². The maximum Gasteiger partial charge on any atom is 0.262 e. The molecule has 10 heteroatoms. The lowest BCUT2D eigenvalue weighted by molar-refractivity contribution is -0.116. The number of aliphatic imine (C=N–C) groups is 1. The number of nitrogens with zero attached hydrogens (tertiary/aromatic N) is 1. The van der Waals surface area contributed by atoms with Gasteiger partial charge in [0.2, 0.25) is 5.91 Å². The molecule has 2 aromatic rings. The van der Waals surface area contributed by atoms with Gasteiger partial charge < -0.3 is 10.6 Å². The molecule has 3 N–H and O–H groups in total. The molecule has 0 atom stereocenters. The topological polar surface area (TPSA) is 117 Å². The number of thiophene rings is 1. The fraction of sp³-hybridized carbons (Fsp3) is 0.316. The Bertz CT molecular complexity index is 1000. The molecule has 154 valence electrons. The van der Waals surface area contributed by atoms with Crippen LogP contribution in [-0.2, 0) is 14.8 Å². The Kier molecular flexibility index (Phi) is 6.99. The Morgan fingerprint density at radius 2 is 2.03 bits per heavy atom. The molecular weight excluding hydrogens is 412 g/mol. The first-order chi connectivity index (χ1) is 13.9. The van der Waals surface area contributed by atoms with E-state index in [1.165, 1.54) is 23.5 Å². The summed E-state index contributed by atoms with van der Waals surface area (Å²) in [4.78, 5) is 28.8. The number of hydrogen-bond acceptors (Lipinski definition) is 6. The number of anilines is 1. The van der Waals surface area contributed by atoms with Crippen molar-refractivity contribution in [3.63, 3.8) is 0 Å². The van der Waals surface area contributed by atoms with Crippen molar-refractivity contribution in [2.45, 2.75) is 30.6 Å². The van der Waals surface area contributed by atoms with Gasteiger partial charge >= 0.3 is 0 Å². The smallest absolute Gasteiger partial charge is 0.262 e. The molecule has 0 fully saturated rings. The first kappa shape index (κ1) is 21.0. The number of rotatable bonds is 8. The molecule has 0 unspecified atom stereocenters. The summed E-state index contributed by atoms with van der Waals surface area (Å²) in [6.45, 7) is 1.01. The summed E-state index contributed by atoms with van der Waals surface area (Å²) in [5, 5.41) is 7.28. The SMILES string of the molecule is O=C(CCCNC(=O)c1cccs1)Nc1cccc(S(=O)(=O)NC2=NCCC2)c1. The summed E-state index contributed by atoms with van der Waals surface area (Å²) in [6, 6.07) is 9.62. The summed E-state index contributed by atoms with van der Waals surface area (Å²) in [6.07, 6.45) is 2.12. The van der Waals surface area contributed by atoms with Crippen molar-refractivity contribution in [3.8, 4) is 0 Å². The average molecular weight is 435 g/mol. The molecule has 0 saturated heterocycles. The molecule has 3 rings (SSSR count). The van der Waals surface area contributed by atoms with Crippen LogP contribution in [0.3, 0.4) is 0 Å². The second kappa shape index (κ2) is 9.66. The number of sulfonamides is 1. The summed E-state index contributed by atoms with van der Waals surface area (Å²) in [7, 11) is -3.73. The number of carbonyl (C=O) groups excluding carboxylic acids is 2. The standard InChI is InChI=1S/C19H22N4O4S2/c24-18(9-3-11-21-19(25)16-7-4-12-28-16)22-14-5-1-6-15(13-14)29(26,27)23-17-8-2-10-20-17/h1,4-7,12-13H,2-3,8-11H2,(H,20,23)(H,21,25)(H,22,24). The monoisotopic (exact) mass is 434 g/mol. The number of amides is 2. The van der Waals surface area contributed by atoms with Crippen LogP contribution in [0.4, 0.5) is 5.69 Å². The molecule has 0 saturated carbocycles. The molecule has 1 aliphatic heterocycles. The zero-order valence-electron chi connectivity index (χ0n) is 15.7. The fourth-order valence-corrected chi connectivity index (χ4v) is 4.52. The van der Waals surface area contributed by atoms with Gasteiger partial charge in [0.25, 0.3) is 15.9 Å². The molecule has 29 heavy (non-hydrogen) atoms. The van der Waals surface area contributed by atoms with Gasteiger partial charge in [0.05, 0.1) is 9.77 Å². The molecule has 1 aromatic heterocycles. The van der Waals surface area contributed by atoms with Gasteiger partial charge in [0.15, 0.2) is 0 Å². The second-order valence-electron chi connectivity index (χ2n) is 6.45. The van der Waals surface area contributed by atoms with Crippen molar-refractivity contribution in [2.75, 3.05) is 18.4 Å². The molecule has 0 spiro atoms. The predicted octanol–water partition coefficient (Wildman–Crippen LogP) is 2.37. The minimum atomic E-state index is -3.73. The highest BCUT2D eigenvalue weighted by atomic mass is 32.2. The van der Waals surface area contributed by atoms with Gasteiger partial charge in [0, 0.05) is 31.6 Å². The van der Waals surface area contributed by atoms with E-state index in [0.717, 1.165) is 6.42 Å².